The zero-order valence-corrected chi connectivity index (χ0v) is 16.6. The molecule has 2 aliphatic rings. The van der Waals surface area contributed by atoms with Crippen molar-refractivity contribution in [1.29, 1.82) is 0 Å². The van der Waals surface area contributed by atoms with Crippen molar-refractivity contribution in [2.24, 2.45) is 0 Å². The first-order valence-corrected chi connectivity index (χ1v) is 10.2. The Morgan fingerprint density at radius 1 is 1.17 bits per heavy atom. The molecule has 0 unspecified atom stereocenters. The van der Waals surface area contributed by atoms with E-state index in [0.717, 1.165) is 31.6 Å². The van der Waals surface area contributed by atoms with Crippen LogP contribution in [0, 0.1) is 0 Å². The standard InChI is InChI=1S/C20H29N5O4/c26-18-5-2-8-25(18)9-3-7-22-19(27)20(28)23-15-17(16-4-1-6-21-14-16)24-10-12-29-13-11-24/h1,4,6,14,17H,2-3,5,7-13,15H2,(H,22,27)(H,23,28)/t17-/m1/s1. The van der Waals surface area contributed by atoms with Gasteiger partial charge in [0.2, 0.25) is 5.91 Å². The van der Waals surface area contributed by atoms with E-state index < -0.39 is 11.8 Å². The molecule has 0 saturated carbocycles. The third-order valence-corrected chi connectivity index (χ3v) is 5.28. The molecule has 1 aromatic heterocycles. The summed E-state index contributed by atoms with van der Waals surface area (Å²) in [5.74, 6) is -1.13. The molecule has 9 nitrogen and oxygen atoms in total. The number of amides is 3. The van der Waals surface area contributed by atoms with Gasteiger partial charge in [-0.25, -0.2) is 0 Å². The van der Waals surface area contributed by atoms with Crippen molar-refractivity contribution in [2.75, 3.05) is 52.5 Å². The lowest BCUT2D eigenvalue weighted by atomic mass is 10.1. The molecule has 0 spiro atoms. The van der Waals surface area contributed by atoms with E-state index in [9.17, 15) is 14.4 Å². The first-order valence-electron chi connectivity index (χ1n) is 10.2. The summed E-state index contributed by atoms with van der Waals surface area (Å²) in [6.45, 7) is 4.89. The predicted octanol–water partition coefficient (Wildman–Crippen LogP) is -0.300. The second kappa shape index (κ2) is 10.9. The molecular weight excluding hydrogens is 374 g/mol. The monoisotopic (exact) mass is 403 g/mol. The van der Waals surface area contributed by atoms with Gasteiger partial charge < -0.3 is 20.3 Å². The molecule has 2 aliphatic heterocycles. The van der Waals surface area contributed by atoms with Crippen molar-refractivity contribution in [3.63, 3.8) is 0 Å². The number of rotatable bonds is 8. The maximum atomic E-state index is 12.2. The van der Waals surface area contributed by atoms with Gasteiger partial charge >= 0.3 is 11.8 Å². The number of nitrogens with zero attached hydrogens (tertiary/aromatic N) is 3. The van der Waals surface area contributed by atoms with E-state index in [1.807, 2.05) is 12.1 Å². The number of morpholine rings is 1. The summed E-state index contributed by atoms with van der Waals surface area (Å²) < 4.78 is 5.41. The molecule has 3 amide bonds. The summed E-state index contributed by atoms with van der Waals surface area (Å²) in [7, 11) is 0. The molecule has 29 heavy (non-hydrogen) atoms. The second-order valence-corrected chi connectivity index (χ2v) is 7.25. The number of pyridine rings is 1. The number of hydrogen-bond acceptors (Lipinski definition) is 6. The fourth-order valence-electron chi connectivity index (χ4n) is 3.68. The van der Waals surface area contributed by atoms with Crippen LogP contribution in [-0.2, 0) is 19.1 Å². The van der Waals surface area contributed by atoms with Crippen LogP contribution in [0.3, 0.4) is 0 Å². The fourth-order valence-corrected chi connectivity index (χ4v) is 3.68. The van der Waals surface area contributed by atoms with Gasteiger partial charge in [-0.3, -0.25) is 24.3 Å². The van der Waals surface area contributed by atoms with Crippen molar-refractivity contribution in [3.05, 3.63) is 30.1 Å². The van der Waals surface area contributed by atoms with Crippen LogP contribution in [0.2, 0.25) is 0 Å². The Kier molecular flexibility index (Phi) is 7.94. The van der Waals surface area contributed by atoms with Gasteiger partial charge in [-0.05, 0) is 24.5 Å². The van der Waals surface area contributed by atoms with Crippen LogP contribution in [0.4, 0.5) is 0 Å². The molecule has 3 heterocycles. The van der Waals surface area contributed by atoms with Crippen LogP contribution >= 0.6 is 0 Å². The van der Waals surface area contributed by atoms with E-state index in [4.69, 9.17) is 4.74 Å². The van der Waals surface area contributed by atoms with Crippen molar-refractivity contribution < 1.29 is 19.1 Å². The molecule has 9 heteroatoms. The highest BCUT2D eigenvalue weighted by Crippen LogP contribution is 2.20. The molecule has 0 aliphatic carbocycles. The predicted molar refractivity (Wildman–Crippen MR) is 106 cm³/mol. The van der Waals surface area contributed by atoms with Crippen LogP contribution in [0.25, 0.3) is 0 Å². The Bertz CT molecular complexity index is 693. The number of carbonyl (C=O) groups excluding carboxylic acids is 3. The Morgan fingerprint density at radius 2 is 1.97 bits per heavy atom. The van der Waals surface area contributed by atoms with Crippen LogP contribution < -0.4 is 10.6 Å². The summed E-state index contributed by atoms with van der Waals surface area (Å²) >= 11 is 0. The van der Waals surface area contributed by atoms with Gasteiger partial charge in [0, 0.05) is 58.1 Å². The van der Waals surface area contributed by atoms with Crippen LogP contribution in [-0.4, -0.2) is 85.0 Å². The summed E-state index contributed by atoms with van der Waals surface area (Å²) in [6.07, 6.45) is 5.63. The van der Waals surface area contributed by atoms with E-state index in [-0.39, 0.29) is 11.9 Å². The van der Waals surface area contributed by atoms with Crippen molar-refractivity contribution in [1.82, 2.24) is 25.4 Å². The average molecular weight is 403 g/mol. The minimum atomic E-state index is -0.649. The van der Waals surface area contributed by atoms with Crippen LogP contribution in [0.1, 0.15) is 30.9 Å². The minimum absolute atomic E-state index is 0.0643. The van der Waals surface area contributed by atoms with Gasteiger partial charge in [0.1, 0.15) is 0 Å². The highest BCUT2D eigenvalue weighted by Gasteiger charge is 2.25. The number of likely N-dealkylation sites (tertiary alicyclic amines) is 1. The van der Waals surface area contributed by atoms with Crippen molar-refractivity contribution in [3.8, 4) is 0 Å². The summed E-state index contributed by atoms with van der Waals surface area (Å²) in [6, 6.07) is 3.77. The second-order valence-electron chi connectivity index (χ2n) is 7.25. The average Bonchev–Trinajstić information content (AvgIpc) is 3.17. The number of ether oxygens (including phenoxy) is 1. The highest BCUT2D eigenvalue weighted by atomic mass is 16.5. The summed E-state index contributed by atoms with van der Waals surface area (Å²) in [5.41, 5.74) is 0.991. The topological polar surface area (TPSA) is 104 Å². The molecule has 0 aromatic carbocycles. The Labute approximate surface area is 170 Å². The molecule has 2 saturated heterocycles. The largest absolute Gasteiger partial charge is 0.379 e. The molecule has 0 bridgehead atoms. The maximum Gasteiger partial charge on any atom is 0.309 e. The lowest BCUT2D eigenvalue weighted by molar-refractivity contribution is -0.139. The Hall–Kier alpha value is -2.52. The van der Waals surface area contributed by atoms with Gasteiger partial charge in [-0.15, -0.1) is 0 Å². The van der Waals surface area contributed by atoms with Gasteiger partial charge in [-0.2, -0.15) is 0 Å². The van der Waals surface area contributed by atoms with Crippen molar-refractivity contribution in [2.45, 2.75) is 25.3 Å². The summed E-state index contributed by atoms with van der Waals surface area (Å²) in [4.78, 5) is 44.1. The van der Waals surface area contributed by atoms with Crippen LogP contribution in [0.15, 0.2) is 24.5 Å². The first-order chi connectivity index (χ1) is 14.1. The zero-order chi connectivity index (χ0) is 20.5. The zero-order valence-electron chi connectivity index (χ0n) is 16.6. The smallest absolute Gasteiger partial charge is 0.309 e. The molecule has 1 aromatic rings. The highest BCUT2D eigenvalue weighted by molar-refractivity contribution is 6.35. The third-order valence-electron chi connectivity index (χ3n) is 5.28. The summed E-state index contributed by atoms with van der Waals surface area (Å²) in [5, 5.41) is 5.37. The maximum absolute atomic E-state index is 12.2. The van der Waals surface area contributed by atoms with Gasteiger partial charge in [0.05, 0.1) is 19.3 Å². The molecule has 1 atom stereocenters. The van der Waals surface area contributed by atoms with E-state index >= 15 is 0 Å². The van der Waals surface area contributed by atoms with Gasteiger partial charge in [-0.1, -0.05) is 6.07 Å². The molecular formula is C20H29N5O4. The molecule has 2 fully saturated rings. The molecule has 3 rings (SSSR count). The van der Waals surface area contributed by atoms with E-state index in [0.29, 0.717) is 45.7 Å². The van der Waals surface area contributed by atoms with Crippen molar-refractivity contribution >= 4 is 17.7 Å². The van der Waals surface area contributed by atoms with E-state index in [1.165, 1.54) is 0 Å². The SMILES string of the molecule is O=C(NCCCN1CCCC1=O)C(=O)NC[C@H](c1cccnc1)N1CCOCC1. The lowest BCUT2D eigenvalue weighted by Crippen LogP contribution is -2.47. The first kappa shape index (κ1) is 21.2. The third kappa shape index (κ3) is 6.23. The van der Waals surface area contributed by atoms with Gasteiger partial charge in [0.25, 0.3) is 0 Å². The number of hydrogen-bond donors (Lipinski definition) is 2. The van der Waals surface area contributed by atoms with E-state index in [2.05, 4.69) is 20.5 Å². The molecule has 0 radical (unpaired) electrons. The number of carbonyl (C=O) groups is 3. The minimum Gasteiger partial charge on any atom is -0.379 e. The molecule has 2 N–H and O–H groups in total. The number of aromatic nitrogens is 1. The van der Waals surface area contributed by atoms with Gasteiger partial charge in [0.15, 0.2) is 0 Å². The fraction of sp³-hybridized carbons (Fsp3) is 0.600. The van der Waals surface area contributed by atoms with E-state index in [1.54, 1.807) is 17.3 Å². The number of nitrogens with one attached hydrogen (secondary N) is 2. The lowest BCUT2D eigenvalue weighted by Gasteiger charge is -2.34. The quantitative estimate of drug-likeness (QED) is 0.456. The molecule has 158 valence electrons. The Balaban J connectivity index is 1.43. The van der Waals surface area contributed by atoms with Crippen LogP contribution in [0.5, 0.6) is 0 Å². The Morgan fingerprint density at radius 3 is 2.66 bits per heavy atom. The normalized spacial score (nSPS) is 18.5.